The highest BCUT2D eigenvalue weighted by Crippen LogP contribution is 2.29. The summed E-state index contributed by atoms with van der Waals surface area (Å²) in [6.45, 7) is 3.15. The van der Waals surface area contributed by atoms with Crippen molar-refractivity contribution in [3.63, 3.8) is 0 Å². The molecule has 3 aromatic rings. The van der Waals surface area contributed by atoms with Gasteiger partial charge in [-0.3, -0.25) is 14.8 Å². The van der Waals surface area contributed by atoms with Crippen LogP contribution in [0.2, 0.25) is 0 Å². The van der Waals surface area contributed by atoms with Gasteiger partial charge in [0.25, 0.3) is 0 Å². The predicted molar refractivity (Wildman–Crippen MR) is 138 cm³/mol. The summed E-state index contributed by atoms with van der Waals surface area (Å²) in [6.07, 6.45) is 0.133. The Morgan fingerprint density at radius 2 is 1.90 bits per heavy atom. The molecule has 0 unspecified atom stereocenters. The van der Waals surface area contributed by atoms with Crippen molar-refractivity contribution in [2.24, 2.45) is 13.0 Å². The molecule has 11 nitrogen and oxygen atoms in total. The van der Waals surface area contributed by atoms with E-state index in [4.69, 9.17) is 0 Å². The summed E-state index contributed by atoms with van der Waals surface area (Å²) < 4.78 is 44.0. The first kappa shape index (κ1) is 28.1. The minimum atomic E-state index is -4.83. The molecule has 1 aromatic carbocycles. The summed E-state index contributed by atoms with van der Waals surface area (Å²) in [5, 5.41) is 25.4. The lowest BCUT2D eigenvalue weighted by Crippen LogP contribution is -2.34. The smallest absolute Gasteiger partial charge is 0.405 e. The van der Waals surface area contributed by atoms with Crippen molar-refractivity contribution < 1.29 is 22.8 Å². The zero-order chi connectivity index (χ0) is 28.0. The number of nitrogens with zero attached hydrogens (tertiary/aromatic N) is 5. The van der Waals surface area contributed by atoms with Gasteiger partial charge >= 0.3 is 12.0 Å². The lowest BCUT2D eigenvalue weighted by Gasteiger charge is -2.29. The van der Waals surface area contributed by atoms with E-state index >= 15 is 0 Å². The lowest BCUT2D eigenvalue weighted by atomic mass is 9.86. The standard InChI is InChI=1S/C25H31F3N8O3/c1-16-11-20(35(2)34-16)14-29-19-9-7-17(8-10-19)12-30-23-21(36(37)38)15-32-24(33-23)31-13-18-5-3-4-6-22(18)39-25(26,27)28/h3-6,11,15,17,19,29H,7-10,12-14H2,1-2H3,(H2,30,31,32,33). The topological polar surface area (TPSA) is 132 Å². The number of aromatic nitrogens is 4. The summed E-state index contributed by atoms with van der Waals surface area (Å²) in [7, 11) is 1.93. The summed E-state index contributed by atoms with van der Waals surface area (Å²) in [4.78, 5) is 19.1. The SMILES string of the molecule is Cc1cc(CNC2CCC(CNc3nc(NCc4ccccc4OC(F)(F)F)ncc3[N+](=O)[O-])CC2)n(C)n1. The zero-order valence-corrected chi connectivity index (χ0v) is 21.7. The van der Waals surface area contributed by atoms with E-state index < -0.39 is 11.3 Å². The van der Waals surface area contributed by atoms with Gasteiger partial charge in [0.05, 0.1) is 16.3 Å². The summed E-state index contributed by atoms with van der Waals surface area (Å²) in [5.74, 6) is 0.0741. The largest absolute Gasteiger partial charge is 0.573 e. The first-order chi connectivity index (χ1) is 18.6. The maximum atomic E-state index is 12.7. The predicted octanol–water partition coefficient (Wildman–Crippen LogP) is 4.70. The van der Waals surface area contributed by atoms with Crippen molar-refractivity contribution in [2.75, 3.05) is 17.2 Å². The molecule has 0 spiro atoms. The Labute approximate surface area is 223 Å². The second kappa shape index (κ2) is 12.3. The van der Waals surface area contributed by atoms with Crippen molar-refractivity contribution in [1.82, 2.24) is 25.1 Å². The number of hydrogen-bond donors (Lipinski definition) is 3. The highest BCUT2D eigenvalue weighted by Gasteiger charge is 2.32. The van der Waals surface area contributed by atoms with Crippen LogP contribution in [0.5, 0.6) is 5.75 Å². The van der Waals surface area contributed by atoms with Gasteiger partial charge in [0.1, 0.15) is 11.9 Å². The fraction of sp³-hybridized carbons (Fsp3) is 0.480. The van der Waals surface area contributed by atoms with Crippen molar-refractivity contribution in [2.45, 2.75) is 58.1 Å². The summed E-state index contributed by atoms with van der Waals surface area (Å²) >= 11 is 0. The van der Waals surface area contributed by atoms with Crippen LogP contribution < -0.4 is 20.7 Å². The van der Waals surface area contributed by atoms with Gasteiger partial charge in [0.2, 0.25) is 11.8 Å². The number of hydrogen-bond acceptors (Lipinski definition) is 9. The van der Waals surface area contributed by atoms with Crippen LogP contribution in [0.15, 0.2) is 36.5 Å². The van der Waals surface area contributed by atoms with Gasteiger partial charge in [-0.15, -0.1) is 13.2 Å². The van der Waals surface area contributed by atoms with Crippen LogP contribution in [0.4, 0.5) is 30.6 Å². The van der Waals surface area contributed by atoms with Crippen molar-refractivity contribution in [1.29, 1.82) is 0 Å². The summed E-state index contributed by atoms with van der Waals surface area (Å²) in [5.41, 5.74) is 2.08. The van der Waals surface area contributed by atoms with Crippen LogP contribution in [-0.2, 0) is 20.1 Å². The Balaban J connectivity index is 1.31. The molecule has 3 N–H and O–H groups in total. The highest BCUT2D eigenvalue weighted by molar-refractivity contribution is 5.57. The first-order valence-electron chi connectivity index (χ1n) is 12.6. The molecule has 0 saturated heterocycles. The molecule has 0 amide bonds. The number of halogens is 3. The molecule has 0 radical (unpaired) electrons. The molecule has 1 fully saturated rings. The third kappa shape index (κ3) is 8.02. The van der Waals surface area contributed by atoms with Gasteiger partial charge in [-0.05, 0) is 50.7 Å². The molecule has 0 bridgehead atoms. The number of benzene rings is 1. The molecule has 1 aliphatic rings. The van der Waals surface area contributed by atoms with Gasteiger partial charge in [-0.1, -0.05) is 18.2 Å². The maximum absolute atomic E-state index is 12.7. The van der Waals surface area contributed by atoms with Gasteiger partial charge < -0.3 is 20.7 Å². The van der Waals surface area contributed by atoms with E-state index in [0.717, 1.165) is 49.8 Å². The Bertz CT molecular complexity index is 1280. The molecule has 0 atom stereocenters. The van der Waals surface area contributed by atoms with E-state index in [1.807, 2.05) is 18.7 Å². The molecule has 2 aromatic heterocycles. The second-order valence-electron chi connectivity index (χ2n) is 9.57. The maximum Gasteiger partial charge on any atom is 0.573 e. The third-order valence-electron chi connectivity index (χ3n) is 6.68. The number of rotatable bonds is 11. The van der Waals surface area contributed by atoms with Crippen LogP contribution in [0.25, 0.3) is 0 Å². The number of nitro groups is 1. The number of anilines is 2. The fourth-order valence-electron chi connectivity index (χ4n) is 4.66. The Kier molecular flexibility index (Phi) is 8.84. The molecule has 210 valence electrons. The molecule has 14 heteroatoms. The first-order valence-corrected chi connectivity index (χ1v) is 12.6. The average molecular weight is 549 g/mol. The molecule has 1 aliphatic carbocycles. The van der Waals surface area contributed by atoms with E-state index in [0.29, 0.717) is 18.5 Å². The average Bonchev–Trinajstić information content (AvgIpc) is 3.21. The Hall–Kier alpha value is -3.94. The number of alkyl halides is 3. The second-order valence-corrected chi connectivity index (χ2v) is 9.57. The van der Waals surface area contributed by atoms with Gasteiger partial charge in [0, 0.05) is 38.3 Å². The minimum absolute atomic E-state index is 0.0446. The molecule has 0 aliphatic heterocycles. The molecule has 1 saturated carbocycles. The number of aryl methyl sites for hydroxylation is 2. The Morgan fingerprint density at radius 1 is 1.15 bits per heavy atom. The van der Waals surface area contributed by atoms with E-state index in [-0.39, 0.29) is 35.3 Å². The van der Waals surface area contributed by atoms with Gasteiger partial charge in [-0.25, -0.2) is 4.98 Å². The quantitative estimate of drug-likeness (QED) is 0.230. The van der Waals surface area contributed by atoms with Gasteiger partial charge in [-0.2, -0.15) is 10.1 Å². The van der Waals surface area contributed by atoms with E-state index in [1.54, 1.807) is 6.07 Å². The Morgan fingerprint density at radius 3 is 2.56 bits per heavy atom. The molecule has 4 rings (SSSR count). The van der Waals surface area contributed by atoms with E-state index in [9.17, 15) is 23.3 Å². The normalized spacial score (nSPS) is 17.6. The van der Waals surface area contributed by atoms with E-state index in [2.05, 4.69) is 41.8 Å². The highest BCUT2D eigenvalue weighted by atomic mass is 19.4. The van der Waals surface area contributed by atoms with Crippen molar-refractivity contribution in [3.05, 3.63) is 63.6 Å². The van der Waals surface area contributed by atoms with Gasteiger partial charge in [0.15, 0.2) is 0 Å². The lowest BCUT2D eigenvalue weighted by molar-refractivity contribution is -0.384. The monoisotopic (exact) mass is 548 g/mol. The molecular formula is C25H31F3N8O3. The number of para-hydroxylation sites is 1. The third-order valence-corrected chi connectivity index (χ3v) is 6.68. The van der Waals surface area contributed by atoms with Crippen LogP contribution in [0.1, 0.15) is 42.6 Å². The molecule has 39 heavy (non-hydrogen) atoms. The van der Waals surface area contributed by atoms with Crippen LogP contribution in [-0.4, -0.2) is 43.6 Å². The number of ether oxygens (including phenoxy) is 1. The fourth-order valence-corrected chi connectivity index (χ4v) is 4.66. The van der Waals surface area contributed by atoms with Crippen LogP contribution in [0, 0.1) is 23.0 Å². The van der Waals surface area contributed by atoms with Crippen LogP contribution in [0.3, 0.4) is 0 Å². The van der Waals surface area contributed by atoms with E-state index in [1.165, 1.54) is 18.2 Å². The molecular weight excluding hydrogens is 517 g/mol. The van der Waals surface area contributed by atoms with Crippen LogP contribution >= 0.6 is 0 Å². The zero-order valence-electron chi connectivity index (χ0n) is 21.7. The number of nitrogens with one attached hydrogen (secondary N) is 3. The summed E-state index contributed by atoms with van der Waals surface area (Å²) in [6, 6.07) is 8.15. The van der Waals surface area contributed by atoms with Crippen molar-refractivity contribution >= 4 is 17.5 Å². The van der Waals surface area contributed by atoms with Crippen molar-refractivity contribution in [3.8, 4) is 5.75 Å². The molecule has 2 heterocycles. The minimum Gasteiger partial charge on any atom is -0.405 e.